The van der Waals surface area contributed by atoms with Crippen LogP contribution in [0.25, 0.3) is 0 Å². The van der Waals surface area contributed by atoms with Crippen LogP contribution in [-0.4, -0.2) is 28.0 Å². The molecule has 1 heterocycles. The van der Waals surface area contributed by atoms with Crippen LogP contribution in [0, 0.1) is 0 Å². The third-order valence-corrected chi connectivity index (χ3v) is 2.53. The van der Waals surface area contributed by atoms with E-state index >= 15 is 0 Å². The van der Waals surface area contributed by atoms with Gasteiger partial charge in [0.15, 0.2) is 0 Å². The van der Waals surface area contributed by atoms with E-state index in [1.165, 1.54) is 0 Å². The van der Waals surface area contributed by atoms with Crippen molar-refractivity contribution < 1.29 is 14.6 Å². The van der Waals surface area contributed by atoms with Crippen LogP contribution in [0.1, 0.15) is 11.3 Å². The number of hydrogen-bond donors (Lipinski definition) is 1. The standard InChI is InChI=1S/C13H14N2O3/c1-18-12-4-2-10(3-5-12)9-15-7-6-11(14-15)8-13(16)17/h2-7H,8-9H2,1H3,(H,16,17). The quantitative estimate of drug-likeness (QED) is 0.869. The van der Waals surface area contributed by atoms with Gasteiger partial charge in [0.05, 0.1) is 25.8 Å². The van der Waals surface area contributed by atoms with Crippen molar-refractivity contribution in [2.24, 2.45) is 0 Å². The molecule has 0 bridgehead atoms. The molecule has 94 valence electrons. The SMILES string of the molecule is COc1ccc(Cn2ccc(CC(=O)O)n2)cc1. The van der Waals surface area contributed by atoms with Crippen LogP contribution in [-0.2, 0) is 17.8 Å². The molecule has 0 amide bonds. The molecule has 1 aromatic heterocycles. The van der Waals surface area contributed by atoms with Gasteiger partial charge in [0.25, 0.3) is 0 Å². The van der Waals surface area contributed by atoms with Crippen LogP contribution in [0.4, 0.5) is 0 Å². The van der Waals surface area contributed by atoms with Gasteiger partial charge in [-0.15, -0.1) is 0 Å². The summed E-state index contributed by atoms with van der Waals surface area (Å²) >= 11 is 0. The van der Waals surface area contributed by atoms with E-state index in [4.69, 9.17) is 9.84 Å². The molecule has 2 aromatic rings. The van der Waals surface area contributed by atoms with E-state index < -0.39 is 5.97 Å². The fourth-order valence-electron chi connectivity index (χ4n) is 1.66. The summed E-state index contributed by atoms with van der Waals surface area (Å²) in [5.74, 6) is -0.0597. The van der Waals surface area contributed by atoms with Crippen molar-refractivity contribution in [3.63, 3.8) is 0 Å². The summed E-state index contributed by atoms with van der Waals surface area (Å²) in [5, 5.41) is 12.9. The van der Waals surface area contributed by atoms with Gasteiger partial charge in [0.1, 0.15) is 5.75 Å². The number of hydrogen-bond acceptors (Lipinski definition) is 3. The highest BCUT2D eigenvalue weighted by Crippen LogP contribution is 2.12. The second-order valence-electron chi connectivity index (χ2n) is 3.92. The topological polar surface area (TPSA) is 64.3 Å². The first-order valence-corrected chi connectivity index (χ1v) is 5.54. The van der Waals surface area contributed by atoms with E-state index in [1.54, 1.807) is 24.1 Å². The van der Waals surface area contributed by atoms with Crippen molar-refractivity contribution in [2.75, 3.05) is 7.11 Å². The normalized spacial score (nSPS) is 10.3. The number of aromatic nitrogens is 2. The third-order valence-electron chi connectivity index (χ3n) is 2.53. The van der Waals surface area contributed by atoms with Crippen LogP contribution < -0.4 is 4.74 Å². The molecule has 0 atom stereocenters. The number of carboxylic acid groups (broad SMARTS) is 1. The molecule has 1 N–H and O–H groups in total. The predicted octanol–water partition coefficient (Wildman–Crippen LogP) is 1.57. The maximum absolute atomic E-state index is 10.5. The zero-order valence-corrected chi connectivity index (χ0v) is 10.0. The van der Waals surface area contributed by atoms with Crippen molar-refractivity contribution in [3.8, 4) is 5.75 Å². The molecule has 5 nitrogen and oxygen atoms in total. The number of benzene rings is 1. The summed E-state index contributed by atoms with van der Waals surface area (Å²) < 4.78 is 6.80. The van der Waals surface area contributed by atoms with Gasteiger partial charge in [-0.2, -0.15) is 5.10 Å². The highest BCUT2D eigenvalue weighted by molar-refractivity contribution is 5.69. The Balaban J connectivity index is 2.03. The number of methoxy groups -OCH3 is 1. The van der Waals surface area contributed by atoms with Crippen LogP contribution in [0.15, 0.2) is 36.5 Å². The van der Waals surface area contributed by atoms with Gasteiger partial charge in [-0.25, -0.2) is 0 Å². The van der Waals surface area contributed by atoms with E-state index in [1.807, 2.05) is 24.3 Å². The van der Waals surface area contributed by atoms with Crippen molar-refractivity contribution in [3.05, 3.63) is 47.8 Å². The first kappa shape index (κ1) is 12.2. The Hall–Kier alpha value is -2.30. The molecule has 0 aliphatic carbocycles. The number of aliphatic carboxylic acids is 1. The van der Waals surface area contributed by atoms with Gasteiger partial charge >= 0.3 is 5.97 Å². The number of nitrogens with zero attached hydrogens (tertiary/aromatic N) is 2. The molecule has 1 aromatic carbocycles. The lowest BCUT2D eigenvalue weighted by Gasteiger charge is -2.03. The minimum Gasteiger partial charge on any atom is -0.497 e. The highest BCUT2D eigenvalue weighted by Gasteiger charge is 2.04. The minimum absolute atomic E-state index is 0.0460. The summed E-state index contributed by atoms with van der Waals surface area (Å²) in [6, 6.07) is 9.40. The van der Waals surface area contributed by atoms with Gasteiger partial charge in [-0.1, -0.05) is 12.1 Å². The zero-order chi connectivity index (χ0) is 13.0. The predicted molar refractivity (Wildman–Crippen MR) is 65.7 cm³/mol. The molecule has 0 saturated heterocycles. The van der Waals surface area contributed by atoms with Crippen LogP contribution in [0.3, 0.4) is 0 Å². The molecule has 0 unspecified atom stereocenters. The smallest absolute Gasteiger partial charge is 0.309 e. The van der Waals surface area contributed by atoms with Gasteiger partial charge < -0.3 is 9.84 Å². The van der Waals surface area contributed by atoms with E-state index in [0.717, 1.165) is 11.3 Å². The maximum Gasteiger partial charge on any atom is 0.309 e. The second-order valence-corrected chi connectivity index (χ2v) is 3.92. The lowest BCUT2D eigenvalue weighted by Crippen LogP contribution is -2.04. The average Bonchev–Trinajstić information content (AvgIpc) is 2.76. The Kier molecular flexibility index (Phi) is 3.62. The first-order valence-electron chi connectivity index (χ1n) is 5.54. The molecular formula is C13H14N2O3. The first-order chi connectivity index (χ1) is 8.67. The number of ether oxygens (including phenoxy) is 1. The molecule has 0 aliphatic rings. The van der Waals surface area contributed by atoms with E-state index in [0.29, 0.717) is 12.2 Å². The number of carbonyl (C=O) groups is 1. The largest absolute Gasteiger partial charge is 0.497 e. The third kappa shape index (κ3) is 3.10. The summed E-state index contributed by atoms with van der Waals surface area (Å²) in [7, 11) is 1.63. The highest BCUT2D eigenvalue weighted by atomic mass is 16.5. The fraction of sp³-hybridized carbons (Fsp3) is 0.231. The van der Waals surface area contributed by atoms with Crippen LogP contribution >= 0.6 is 0 Å². The summed E-state index contributed by atoms with van der Waals surface area (Å²) in [6.07, 6.45) is 1.73. The Morgan fingerprint density at radius 3 is 2.67 bits per heavy atom. The molecule has 0 fully saturated rings. The summed E-state index contributed by atoms with van der Waals surface area (Å²) in [6.45, 7) is 0.615. The minimum atomic E-state index is -0.871. The fourth-order valence-corrected chi connectivity index (χ4v) is 1.66. The van der Waals surface area contributed by atoms with Crippen molar-refractivity contribution in [1.29, 1.82) is 0 Å². The Morgan fingerprint density at radius 2 is 2.06 bits per heavy atom. The van der Waals surface area contributed by atoms with Crippen molar-refractivity contribution in [2.45, 2.75) is 13.0 Å². The molecule has 18 heavy (non-hydrogen) atoms. The van der Waals surface area contributed by atoms with E-state index in [9.17, 15) is 4.79 Å². The molecule has 0 saturated carbocycles. The van der Waals surface area contributed by atoms with Gasteiger partial charge in [0.2, 0.25) is 0 Å². The molecule has 2 rings (SSSR count). The zero-order valence-electron chi connectivity index (χ0n) is 10.0. The summed E-state index contributed by atoms with van der Waals surface area (Å²) in [4.78, 5) is 10.5. The number of carboxylic acids is 1. The Labute approximate surface area is 105 Å². The van der Waals surface area contributed by atoms with Crippen molar-refractivity contribution >= 4 is 5.97 Å². The number of rotatable bonds is 5. The van der Waals surface area contributed by atoms with Crippen molar-refractivity contribution in [1.82, 2.24) is 9.78 Å². The van der Waals surface area contributed by atoms with Crippen LogP contribution in [0.2, 0.25) is 0 Å². The van der Waals surface area contributed by atoms with Gasteiger partial charge in [-0.3, -0.25) is 9.48 Å². The molecule has 0 aliphatic heterocycles. The van der Waals surface area contributed by atoms with Crippen LogP contribution in [0.5, 0.6) is 5.75 Å². The molecule has 5 heteroatoms. The molecule has 0 radical (unpaired) electrons. The van der Waals surface area contributed by atoms with E-state index in [-0.39, 0.29) is 6.42 Å². The second kappa shape index (κ2) is 5.35. The Bertz CT molecular complexity index is 531. The summed E-state index contributed by atoms with van der Waals surface area (Å²) in [5.41, 5.74) is 1.65. The lowest BCUT2D eigenvalue weighted by molar-refractivity contribution is -0.136. The molecular weight excluding hydrogens is 232 g/mol. The van der Waals surface area contributed by atoms with Gasteiger partial charge in [0, 0.05) is 6.20 Å². The monoisotopic (exact) mass is 246 g/mol. The van der Waals surface area contributed by atoms with Gasteiger partial charge in [-0.05, 0) is 23.8 Å². The molecule has 0 spiro atoms. The average molecular weight is 246 g/mol. The maximum atomic E-state index is 10.5. The lowest BCUT2D eigenvalue weighted by atomic mass is 10.2. The Morgan fingerprint density at radius 1 is 1.33 bits per heavy atom. The van der Waals surface area contributed by atoms with E-state index in [2.05, 4.69) is 5.10 Å².